The van der Waals surface area contributed by atoms with E-state index >= 15 is 0 Å². The molecule has 0 aliphatic heterocycles. The van der Waals surface area contributed by atoms with Crippen molar-refractivity contribution in [2.45, 2.75) is 51.3 Å². The maximum atomic E-state index is 13.8. The first kappa shape index (κ1) is 29.2. The summed E-state index contributed by atoms with van der Waals surface area (Å²) >= 11 is 5.80. The number of carbonyl (C=O) groups excluding carboxylic acids is 2. The highest BCUT2D eigenvalue weighted by molar-refractivity contribution is 6.30. The smallest absolute Gasteiger partial charge is 0.220 e. The second-order valence-corrected chi connectivity index (χ2v) is 9.55. The minimum atomic E-state index is -1.09. The number of aromatic hydroxyl groups is 1. The third-order valence-electron chi connectivity index (χ3n) is 6.11. The first-order valence-electron chi connectivity index (χ1n) is 12.4. The SMILES string of the molecule is CCc1cccc(CNC[C@H](O)[C@H](Cc2cc(F)cc(F)c2)NC(=O)CCC(=O)c2ccc(Cl)cc2O)c1. The lowest BCUT2D eigenvalue weighted by atomic mass is 9.99. The van der Waals surface area contributed by atoms with Gasteiger partial charge in [-0.15, -0.1) is 0 Å². The van der Waals surface area contributed by atoms with Gasteiger partial charge in [0.15, 0.2) is 5.78 Å². The maximum absolute atomic E-state index is 13.8. The number of nitrogens with one attached hydrogen (secondary N) is 2. The van der Waals surface area contributed by atoms with Crippen molar-refractivity contribution in [3.8, 4) is 5.75 Å². The van der Waals surface area contributed by atoms with Gasteiger partial charge in [-0.05, 0) is 59.9 Å². The minimum absolute atomic E-state index is 0.0273. The Balaban J connectivity index is 1.63. The van der Waals surface area contributed by atoms with E-state index in [1.165, 1.54) is 23.8 Å². The van der Waals surface area contributed by atoms with Gasteiger partial charge in [-0.1, -0.05) is 42.8 Å². The van der Waals surface area contributed by atoms with Crippen LogP contribution in [-0.2, 0) is 24.2 Å². The second kappa shape index (κ2) is 14.0. The monoisotopic (exact) mass is 544 g/mol. The van der Waals surface area contributed by atoms with E-state index in [4.69, 9.17) is 11.6 Å². The molecule has 0 aromatic heterocycles. The second-order valence-electron chi connectivity index (χ2n) is 9.11. The van der Waals surface area contributed by atoms with Crippen LogP contribution in [0.4, 0.5) is 8.78 Å². The van der Waals surface area contributed by atoms with Crippen molar-refractivity contribution in [3.63, 3.8) is 0 Å². The molecule has 0 aliphatic carbocycles. The molecule has 0 fully saturated rings. The number of benzene rings is 3. The Bertz CT molecular complexity index is 1250. The van der Waals surface area contributed by atoms with Crippen LogP contribution in [-0.4, -0.2) is 40.6 Å². The van der Waals surface area contributed by atoms with Gasteiger partial charge in [0.2, 0.25) is 5.91 Å². The molecule has 0 saturated heterocycles. The number of amides is 1. The Hall–Kier alpha value is -3.33. The molecule has 0 heterocycles. The summed E-state index contributed by atoms with van der Waals surface area (Å²) in [6.07, 6.45) is -0.616. The predicted molar refractivity (Wildman–Crippen MR) is 142 cm³/mol. The average Bonchev–Trinajstić information content (AvgIpc) is 2.86. The van der Waals surface area contributed by atoms with Crippen LogP contribution in [0.15, 0.2) is 60.7 Å². The number of halogens is 3. The molecule has 6 nitrogen and oxygen atoms in total. The molecule has 0 saturated carbocycles. The van der Waals surface area contributed by atoms with E-state index in [9.17, 15) is 28.6 Å². The lowest BCUT2D eigenvalue weighted by Crippen LogP contribution is -2.48. The summed E-state index contributed by atoms with van der Waals surface area (Å²) in [5.74, 6) is -2.78. The topological polar surface area (TPSA) is 98.7 Å². The van der Waals surface area contributed by atoms with E-state index in [1.54, 1.807) is 0 Å². The van der Waals surface area contributed by atoms with Gasteiger partial charge in [-0.2, -0.15) is 0 Å². The highest BCUT2D eigenvalue weighted by atomic mass is 35.5. The first-order chi connectivity index (χ1) is 18.1. The molecule has 4 N–H and O–H groups in total. The van der Waals surface area contributed by atoms with Crippen molar-refractivity contribution in [1.82, 2.24) is 10.6 Å². The van der Waals surface area contributed by atoms with Crippen LogP contribution in [0.5, 0.6) is 5.75 Å². The van der Waals surface area contributed by atoms with E-state index in [0.717, 1.165) is 30.2 Å². The number of aliphatic hydroxyl groups is 1. The van der Waals surface area contributed by atoms with Crippen LogP contribution in [0, 0.1) is 11.6 Å². The fourth-order valence-corrected chi connectivity index (χ4v) is 4.28. The molecule has 0 aliphatic rings. The molecule has 3 aromatic carbocycles. The van der Waals surface area contributed by atoms with Crippen molar-refractivity contribution in [1.29, 1.82) is 0 Å². The number of hydrogen-bond donors (Lipinski definition) is 4. The van der Waals surface area contributed by atoms with Crippen molar-refractivity contribution < 1.29 is 28.6 Å². The number of ketones is 1. The number of phenols is 1. The van der Waals surface area contributed by atoms with E-state index in [-0.39, 0.29) is 47.7 Å². The number of aryl methyl sites for hydroxylation is 1. The van der Waals surface area contributed by atoms with E-state index in [0.29, 0.717) is 6.54 Å². The van der Waals surface area contributed by atoms with Gasteiger partial charge in [0.1, 0.15) is 17.4 Å². The van der Waals surface area contributed by atoms with Crippen LogP contribution in [0.2, 0.25) is 5.02 Å². The molecule has 9 heteroatoms. The number of Topliss-reactive ketones (excluding diaryl/α,β-unsaturated/α-hetero) is 1. The quantitative estimate of drug-likeness (QED) is 0.233. The Labute approximate surface area is 225 Å². The largest absolute Gasteiger partial charge is 0.507 e. The number of rotatable bonds is 13. The van der Waals surface area contributed by atoms with Crippen LogP contribution >= 0.6 is 11.6 Å². The van der Waals surface area contributed by atoms with Gasteiger partial charge in [0.25, 0.3) is 0 Å². The first-order valence-corrected chi connectivity index (χ1v) is 12.7. The zero-order valence-electron chi connectivity index (χ0n) is 21.0. The molecule has 2 atom stereocenters. The van der Waals surface area contributed by atoms with Gasteiger partial charge >= 0.3 is 0 Å². The Morgan fingerprint density at radius 3 is 2.34 bits per heavy atom. The summed E-state index contributed by atoms with van der Waals surface area (Å²) < 4.78 is 27.5. The Kier molecular flexibility index (Phi) is 10.8. The lowest BCUT2D eigenvalue weighted by Gasteiger charge is -2.25. The molecule has 1 amide bonds. The van der Waals surface area contributed by atoms with Gasteiger partial charge in [0, 0.05) is 37.0 Å². The highest BCUT2D eigenvalue weighted by Gasteiger charge is 2.23. The van der Waals surface area contributed by atoms with Crippen molar-refractivity contribution in [2.75, 3.05) is 6.54 Å². The maximum Gasteiger partial charge on any atom is 0.220 e. The molecule has 202 valence electrons. The fourth-order valence-electron chi connectivity index (χ4n) is 4.11. The number of aliphatic hydroxyl groups excluding tert-OH is 1. The van der Waals surface area contributed by atoms with Crippen molar-refractivity contribution in [2.24, 2.45) is 0 Å². The predicted octanol–water partition coefficient (Wildman–Crippen LogP) is 4.73. The van der Waals surface area contributed by atoms with Gasteiger partial charge in [-0.25, -0.2) is 8.78 Å². The highest BCUT2D eigenvalue weighted by Crippen LogP contribution is 2.23. The van der Waals surface area contributed by atoms with Crippen LogP contribution in [0.3, 0.4) is 0 Å². The summed E-state index contributed by atoms with van der Waals surface area (Å²) in [6.45, 7) is 2.65. The number of phenolic OH excluding ortho intramolecular Hbond substituents is 1. The molecule has 38 heavy (non-hydrogen) atoms. The van der Waals surface area contributed by atoms with Gasteiger partial charge < -0.3 is 20.8 Å². The van der Waals surface area contributed by atoms with Gasteiger partial charge in [-0.3, -0.25) is 9.59 Å². The normalized spacial score (nSPS) is 12.7. The van der Waals surface area contributed by atoms with E-state index in [1.807, 2.05) is 18.2 Å². The van der Waals surface area contributed by atoms with Crippen LogP contribution in [0.1, 0.15) is 46.8 Å². The van der Waals surface area contributed by atoms with E-state index < -0.39 is 35.5 Å². The summed E-state index contributed by atoms with van der Waals surface area (Å²) in [5.41, 5.74) is 2.54. The summed E-state index contributed by atoms with van der Waals surface area (Å²) in [7, 11) is 0. The molecule has 3 aromatic rings. The summed E-state index contributed by atoms with van der Waals surface area (Å²) in [4.78, 5) is 25.2. The molecule has 0 spiro atoms. The van der Waals surface area contributed by atoms with Crippen LogP contribution < -0.4 is 10.6 Å². The molecule has 0 unspecified atom stereocenters. The fraction of sp³-hybridized carbons (Fsp3) is 0.310. The third-order valence-corrected chi connectivity index (χ3v) is 6.35. The van der Waals surface area contributed by atoms with Gasteiger partial charge in [0.05, 0.1) is 17.7 Å². The Morgan fingerprint density at radius 2 is 1.66 bits per heavy atom. The van der Waals surface area contributed by atoms with E-state index in [2.05, 4.69) is 23.6 Å². The summed E-state index contributed by atoms with van der Waals surface area (Å²) in [6, 6.07) is 14.2. The Morgan fingerprint density at radius 1 is 0.947 bits per heavy atom. The molecule has 3 rings (SSSR count). The zero-order valence-corrected chi connectivity index (χ0v) is 21.8. The third kappa shape index (κ3) is 8.90. The standard InChI is InChI=1S/C29H31ClF2N2O4/c1-2-18-4-3-5-19(10-18)16-33-17-28(37)25(13-20-11-22(31)15-23(32)12-20)34-29(38)9-8-26(35)24-7-6-21(30)14-27(24)36/h3-7,10-12,14-15,25,28,33,36-37H,2,8-9,13,16-17H2,1H3,(H,34,38)/t25-,28-/m0/s1. The van der Waals surface area contributed by atoms with Crippen LogP contribution in [0.25, 0.3) is 0 Å². The molecule has 0 radical (unpaired) electrons. The summed E-state index contributed by atoms with van der Waals surface area (Å²) in [5, 5.41) is 26.9. The minimum Gasteiger partial charge on any atom is -0.507 e. The van der Waals surface area contributed by atoms with Crippen molar-refractivity contribution >= 4 is 23.3 Å². The molecule has 0 bridgehead atoms. The molecular weight excluding hydrogens is 514 g/mol. The average molecular weight is 545 g/mol. The lowest BCUT2D eigenvalue weighted by molar-refractivity contribution is -0.122. The number of hydrogen-bond acceptors (Lipinski definition) is 5. The van der Waals surface area contributed by atoms with Crippen molar-refractivity contribution in [3.05, 3.63) is 99.6 Å². The zero-order chi connectivity index (χ0) is 27.7. The number of carbonyl (C=O) groups is 2. The molecular formula is C29H31ClF2N2O4.